The molecule has 4 rings (SSSR count). The summed E-state index contributed by atoms with van der Waals surface area (Å²) in [4.78, 5) is 69.9. The smallest absolute Gasteiger partial charge is 0.289 e. The number of ether oxygens (including phenoxy) is 1. The molecule has 13 heteroatoms. The van der Waals surface area contributed by atoms with Crippen molar-refractivity contribution in [3.63, 3.8) is 0 Å². The maximum atomic E-state index is 14.9. The minimum absolute atomic E-state index is 0.0839. The van der Waals surface area contributed by atoms with Crippen molar-refractivity contribution in [2.24, 2.45) is 11.8 Å². The summed E-state index contributed by atoms with van der Waals surface area (Å²) in [5, 5.41) is 8.38. The molecule has 0 unspecified atom stereocenters. The number of hydrogen-bond donors (Lipinski definition) is 4. The number of carbonyl (C=O) groups is 5. The molecule has 2 aliphatic heterocycles. The van der Waals surface area contributed by atoms with Gasteiger partial charge in [-0.2, -0.15) is 0 Å². The number of piperidine rings is 1. The minimum atomic E-state index is -3.15. The number of rotatable bonds is 11. The van der Waals surface area contributed by atoms with Gasteiger partial charge in [0.1, 0.15) is 17.5 Å². The van der Waals surface area contributed by atoms with Gasteiger partial charge in [0.2, 0.25) is 17.6 Å². The van der Waals surface area contributed by atoms with E-state index in [1.807, 2.05) is 0 Å². The molecule has 2 saturated heterocycles. The van der Waals surface area contributed by atoms with Crippen LogP contribution in [0.3, 0.4) is 0 Å². The molecule has 11 nitrogen and oxygen atoms in total. The normalized spacial score (nSPS) is 21.4. The van der Waals surface area contributed by atoms with Crippen molar-refractivity contribution < 1.29 is 37.5 Å². The van der Waals surface area contributed by atoms with Gasteiger partial charge in [-0.1, -0.05) is 13.0 Å². The molecule has 0 radical (unpaired) electrons. The highest BCUT2D eigenvalue weighted by molar-refractivity contribution is 6.38. The van der Waals surface area contributed by atoms with Crippen molar-refractivity contribution in [1.82, 2.24) is 25.8 Å². The van der Waals surface area contributed by atoms with Crippen LogP contribution in [0, 0.1) is 11.8 Å². The van der Waals surface area contributed by atoms with Gasteiger partial charge in [-0.25, -0.2) is 8.78 Å². The highest BCUT2D eigenvalue weighted by atomic mass is 19.3. The number of ketones is 1. The van der Waals surface area contributed by atoms with Crippen molar-refractivity contribution in [2.75, 3.05) is 20.2 Å². The van der Waals surface area contributed by atoms with E-state index in [-0.39, 0.29) is 37.0 Å². The molecule has 2 aliphatic rings. The molecule has 3 heterocycles. The van der Waals surface area contributed by atoms with Crippen molar-refractivity contribution in [3.8, 4) is 5.75 Å². The fourth-order valence-corrected chi connectivity index (χ4v) is 5.81. The Hall–Kier alpha value is -4.03. The zero-order valence-corrected chi connectivity index (χ0v) is 24.8. The fourth-order valence-electron chi connectivity index (χ4n) is 5.81. The number of benzene rings is 1. The molecular formula is C30H39F2N5O6. The van der Waals surface area contributed by atoms with Crippen LogP contribution in [-0.4, -0.2) is 83.5 Å². The summed E-state index contributed by atoms with van der Waals surface area (Å²) in [5.41, 5.74) is 0.673. The zero-order chi connectivity index (χ0) is 31.5. The van der Waals surface area contributed by atoms with Gasteiger partial charge in [0, 0.05) is 48.3 Å². The van der Waals surface area contributed by atoms with Crippen LogP contribution in [0.1, 0.15) is 63.4 Å². The van der Waals surface area contributed by atoms with Crippen molar-refractivity contribution in [1.29, 1.82) is 0 Å². The van der Waals surface area contributed by atoms with Gasteiger partial charge in [-0.05, 0) is 57.7 Å². The van der Waals surface area contributed by atoms with Gasteiger partial charge in [-0.15, -0.1) is 0 Å². The van der Waals surface area contributed by atoms with Crippen LogP contribution in [0.5, 0.6) is 5.75 Å². The summed E-state index contributed by atoms with van der Waals surface area (Å²) >= 11 is 0. The third kappa shape index (κ3) is 6.97. The Bertz CT molecular complexity index is 1390. The highest BCUT2D eigenvalue weighted by Crippen LogP contribution is 2.39. The summed E-state index contributed by atoms with van der Waals surface area (Å²) in [6, 6.07) is 3.63. The van der Waals surface area contributed by atoms with Gasteiger partial charge in [0.15, 0.2) is 0 Å². The molecule has 0 bridgehead atoms. The second-order valence-electron chi connectivity index (χ2n) is 11.5. The SMILES string of the molecule is CCC(F)(F)[C@@H]1C[C@@H](C(=O)N[C@@H](C[C@@H]2CCCNC2=O)C(=O)C(=O)NC(C)C)N(C(=O)c2cc3c(OC)cccc3[nH]2)C1. The molecule has 4 atom stereocenters. The molecule has 4 N–H and O–H groups in total. The maximum absolute atomic E-state index is 14.9. The second kappa shape index (κ2) is 13.1. The van der Waals surface area contributed by atoms with Gasteiger partial charge in [0.05, 0.1) is 13.2 Å². The lowest BCUT2D eigenvalue weighted by molar-refractivity contribution is -0.141. The first-order chi connectivity index (χ1) is 20.4. The van der Waals surface area contributed by atoms with E-state index in [9.17, 15) is 32.8 Å². The lowest BCUT2D eigenvalue weighted by atomic mass is 9.89. The number of aromatic nitrogens is 1. The standard InChI is InChI=1S/C30H39F2N5O6/c1-5-30(31,32)18-13-23(37(15-18)29(42)22-14-19-20(35-22)9-6-10-24(19)43-4)27(40)36-21(25(38)28(41)34-16(2)3)12-17-8-7-11-33-26(17)39/h6,9-10,14,16-18,21,23,35H,5,7-8,11-13,15H2,1-4H3,(H,33,39)(H,34,41)(H,36,40)/t17-,18+,21-,23-/m0/s1. The Balaban J connectivity index is 1.63. The Morgan fingerprint density at radius 1 is 1.19 bits per heavy atom. The molecule has 1 aromatic heterocycles. The summed E-state index contributed by atoms with van der Waals surface area (Å²) in [7, 11) is 1.48. The molecule has 4 amide bonds. The Labute approximate surface area is 248 Å². The third-order valence-electron chi connectivity index (χ3n) is 8.20. The average molecular weight is 604 g/mol. The molecule has 43 heavy (non-hydrogen) atoms. The average Bonchev–Trinajstić information content (AvgIpc) is 3.62. The monoisotopic (exact) mass is 603 g/mol. The maximum Gasteiger partial charge on any atom is 0.289 e. The predicted octanol–water partition coefficient (Wildman–Crippen LogP) is 2.55. The van der Waals surface area contributed by atoms with E-state index in [0.29, 0.717) is 36.0 Å². The van der Waals surface area contributed by atoms with Gasteiger partial charge < -0.3 is 30.6 Å². The van der Waals surface area contributed by atoms with E-state index in [1.165, 1.54) is 14.0 Å². The van der Waals surface area contributed by atoms with E-state index in [0.717, 1.165) is 4.90 Å². The molecule has 0 spiro atoms. The van der Waals surface area contributed by atoms with Crippen molar-refractivity contribution in [2.45, 2.75) is 76.9 Å². The molecule has 234 valence electrons. The minimum Gasteiger partial charge on any atom is -0.496 e. The van der Waals surface area contributed by atoms with E-state index in [1.54, 1.807) is 38.1 Å². The quantitative estimate of drug-likeness (QED) is 0.290. The number of H-pyrrole nitrogens is 1. The van der Waals surface area contributed by atoms with Crippen LogP contribution in [0.25, 0.3) is 10.9 Å². The topological polar surface area (TPSA) is 150 Å². The number of amides is 4. The predicted molar refractivity (Wildman–Crippen MR) is 154 cm³/mol. The Morgan fingerprint density at radius 3 is 2.58 bits per heavy atom. The number of nitrogens with zero attached hydrogens (tertiary/aromatic N) is 1. The van der Waals surface area contributed by atoms with Crippen LogP contribution < -0.4 is 20.7 Å². The number of hydrogen-bond acceptors (Lipinski definition) is 6. The summed E-state index contributed by atoms with van der Waals surface area (Å²) in [6.07, 6.45) is 0.159. The highest BCUT2D eigenvalue weighted by Gasteiger charge is 2.50. The fraction of sp³-hybridized carbons (Fsp3) is 0.567. The van der Waals surface area contributed by atoms with Crippen molar-refractivity contribution >= 4 is 40.3 Å². The number of halogens is 2. The van der Waals surface area contributed by atoms with Gasteiger partial charge >= 0.3 is 0 Å². The van der Waals surface area contributed by atoms with Gasteiger partial charge in [-0.3, -0.25) is 24.0 Å². The van der Waals surface area contributed by atoms with E-state index in [4.69, 9.17) is 4.74 Å². The number of aromatic amines is 1. The van der Waals surface area contributed by atoms with Crippen LogP contribution >= 0.6 is 0 Å². The second-order valence-corrected chi connectivity index (χ2v) is 11.5. The number of carbonyl (C=O) groups excluding carboxylic acids is 5. The van der Waals surface area contributed by atoms with Crippen molar-refractivity contribution in [3.05, 3.63) is 30.0 Å². The summed E-state index contributed by atoms with van der Waals surface area (Å²) < 4.78 is 35.2. The molecule has 0 saturated carbocycles. The van der Waals surface area contributed by atoms with Crippen LogP contribution in [0.2, 0.25) is 0 Å². The van der Waals surface area contributed by atoms with E-state index < -0.39 is 59.8 Å². The lowest BCUT2D eigenvalue weighted by Gasteiger charge is -2.28. The summed E-state index contributed by atoms with van der Waals surface area (Å²) in [6.45, 7) is 4.77. The largest absolute Gasteiger partial charge is 0.496 e. The number of likely N-dealkylation sites (tertiary alicyclic amines) is 1. The van der Waals surface area contributed by atoms with E-state index >= 15 is 0 Å². The first kappa shape index (κ1) is 31.9. The van der Waals surface area contributed by atoms with Crippen LogP contribution in [0.15, 0.2) is 24.3 Å². The number of Topliss-reactive ketones (excluding diaryl/α,β-unsaturated/α-hetero) is 1. The molecule has 1 aromatic carbocycles. The Kier molecular flexibility index (Phi) is 9.71. The molecular weight excluding hydrogens is 564 g/mol. The Morgan fingerprint density at radius 2 is 1.93 bits per heavy atom. The number of fused-ring (bicyclic) bond motifs is 1. The number of methoxy groups -OCH3 is 1. The third-order valence-corrected chi connectivity index (χ3v) is 8.20. The number of alkyl halides is 2. The van der Waals surface area contributed by atoms with Crippen LogP contribution in [-0.2, 0) is 19.2 Å². The molecule has 0 aliphatic carbocycles. The molecule has 2 fully saturated rings. The molecule has 2 aromatic rings. The summed E-state index contributed by atoms with van der Waals surface area (Å²) in [5.74, 6) is -8.27. The number of nitrogens with one attached hydrogen (secondary N) is 4. The van der Waals surface area contributed by atoms with E-state index in [2.05, 4.69) is 20.9 Å². The van der Waals surface area contributed by atoms with Crippen LogP contribution in [0.4, 0.5) is 8.78 Å². The van der Waals surface area contributed by atoms with Gasteiger partial charge in [0.25, 0.3) is 17.7 Å². The first-order valence-electron chi connectivity index (χ1n) is 14.6. The first-order valence-corrected chi connectivity index (χ1v) is 14.6. The zero-order valence-electron chi connectivity index (χ0n) is 24.8. The lowest BCUT2D eigenvalue weighted by Crippen LogP contribution is -2.55.